The minimum atomic E-state index is -0.979. The summed E-state index contributed by atoms with van der Waals surface area (Å²) in [5, 5.41) is 25.1. The fraction of sp³-hybridized carbons (Fsp3) is 0.407. The molecule has 0 radical (unpaired) electrons. The van der Waals surface area contributed by atoms with Gasteiger partial charge in [0.05, 0.1) is 18.1 Å². The number of tetrazole rings is 1. The normalized spacial score (nSPS) is 18.3. The maximum absolute atomic E-state index is 13.2. The maximum atomic E-state index is 13.2. The molecule has 2 aromatic carbocycles. The number of nitrogens with zero attached hydrogens (tertiary/aromatic N) is 5. The van der Waals surface area contributed by atoms with Gasteiger partial charge >= 0.3 is 0 Å². The van der Waals surface area contributed by atoms with Crippen LogP contribution in [0.3, 0.4) is 0 Å². The van der Waals surface area contributed by atoms with Gasteiger partial charge in [0.2, 0.25) is 17.7 Å². The molecule has 200 valence electrons. The Morgan fingerprint density at radius 2 is 1.74 bits per heavy atom. The van der Waals surface area contributed by atoms with E-state index in [1.54, 1.807) is 0 Å². The zero-order valence-corrected chi connectivity index (χ0v) is 21.7. The van der Waals surface area contributed by atoms with Gasteiger partial charge in [0.15, 0.2) is 5.82 Å². The fourth-order valence-corrected chi connectivity index (χ4v) is 4.36. The predicted molar refractivity (Wildman–Crippen MR) is 139 cm³/mol. The summed E-state index contributed by atoms with van der Waals surface area (Å²) in [4.78, 5) is 41.1. The van der Waals surface area contributed by atoms with Crippen LogP contribution in [0.1, 0.15) is 38.6 Å². The number of aliphatic hydroxyl groups excluding tert-OH is 1. The highest BCUT2D eigenvalue weighted by atomic mass is 16.3. The molecule has 1 saturated heterocycles. The van der Waals surface area contributed by atoms with Gasteiger partial charge in [0.25, 0.3) is 0 Å². The Balaban J connectivity index is 1.41. The number of benzene rings is 2. The van der Waals surface area contributed by atoms with E-state index in [1.807, 2.05) is 75.4 Å². The first-order chi connectivity index (χ1) is 18.0. The van der Waals surface area contributed by atoms with Crippen LogP contribution in [0, 0.1) is 0 Å². The first-order valence-electron chi connectivity index (χ1n) is 12.5. The van der Waals surface area contributed by atoms with E-state index >= 15 is 0 Å². The van der Waals surface area contributed by atoms with E-state index in [4.69, 9.17) is 5.73 Å². The van der Waals surface area contributed by atoms with Crippen LogP contribution in [0.25, 0.3) is 11.1 Å². The summed E-state index contributed by atoms with van der Waals surface area (Å²) < 4.78 is 0. The number of carbonyl (C=O) groups is 3. The molecule has 3 atom stereocenters. The molecule has 0 spiro atoms. The van der Waals surface area contributed by atoms with Gasteiger partial charge < -0.3 is 21.1 Å². The molecule has 4 N–H and O–H groups in total. The van der Waals surface area contributed by atoms with Crippen molar-refractivity contribution in [1.82, 2.24) is 30.4 Å². The second kappa shape index (κ2) is 11.1. The molecule has 0 bridgehead atoms. The van der Waals surface area contributed by atoms with Gasteiger partial charge in [-0.2, -0.15) is 4.80 Å². The van der Waals surface area contributed by atoms with E-state index in [1.165, 1.54) is 9.70 Å². The minimum absolute atomic E-state index is 0.00743. The smallest absolute Gasteiger partial charge is 0.243 e. The van der Waals surface area contributed by atoms with Gasteiger partial charge in [-0.3, -0.25) is 14.4 Å². The largest absolute Gasteiger partial charge is 0.391 e. The second-order valence-electron chi connectivity index (χ2n) is 10.5. The van der Waals surface area contributed by atoms with Crippen LogP contribution >= 0.6 is 0 Å². The molecule has 2 heterocycles. The Labute approximate surface area is 221 Å². The molecule has 3 amide bonds. The number of amides is 3. The van der Waals surface area contributed by atoms with Gasteiger partial charge in [-0.15, -0.1) is 10.2 Å². The summed E-state index contributed by atoms with van der Waals surface area (Å²) in [6.07, 6.45) is -0.791. The van der Waals surface area contributed by atoms with E-state index in [0.717, 1.165) is 16.7 Å². The number of likely N-dealkylation sites (tertiary alicyclic amines) is 1. The number of hydrogen-bond acceptors (Lipinski definition) is 7. The second-order valence-corrected chi connectivity index (χ2v) is 10.5. The van der Waals surface area contributed by atoms with Crippen molar-refractivity contribution in [3.8, 4) is 11.1 Å². The number of nitrogens with two attached hydrogens (primary N) is 1. The Hall–Kier alpha value is -4.12. The van der Waals surface area contributed by atoms with Crippen LogP contribution in [0.2, 0.25) is 0 Å². The number of aromatic nitrogens is 4. The number of β-amino-alcohol motifs (C(OH)–C–C–N with tert-alkyl or cyclic N) is 1. The van der Waals surface area contributed by atoms with Gasteiger partial charge in [-0.1, -0.05) is 54.6 Å². The lowest BCUT2D eigenvalue weighted by molar-refractivity contribution is -0.139. The first kappa shape index (κ1) is 26.9. The molecule has 3 aromatic rings. The fourth-order valence-electron chi connectivity index (χ4n) is 4.36. The van der Waals surface area contributed by atoms with Crippen LogP contribution in [-0.2, 0) is 32.8 Å². The summed E-state index contributed by atoms with van der Waals surface area (Å²) in [5.41, 5.74) is 8.13. The molecule has 11 nitrogen and oxygen atoms in total. The van der Waals surface area contributed by atoms with Gasteiger partial charge in [-0.05, 0) is 42.7 Å². The number of rotatable bonds is 8. The summed E-state index contributed by atoms with van der Waals surface area (Å²) in [6.45, 7) is 5.71. The average Bonchev–Trinajstić information content (AvgIpc) is 3.51. The third-order valence-electron chi connectivity index (χ3n) is 6.43. The third-order valence-corrected chi connectivity index (χ3v) is 6.43. The molecule has 0 aliphatic carbocycles. The standard InChI is InChI=1S/C27H33N7O4/c1-27(2,3)34-31-23(30-32-34)15-24(36)33-16-20(35)14-22(33)26(38)29-21(25(28)37)13-17-9-11-19(12-10-17)18-7-5-4-6-8-18/h4-12,20-22,35H,13-16H2,1-3H3,(H2,28,37)(H,29,38)/t20-,21-,22+/m1/s1. The van der Waals surface area contributed by atoms with Gasteiger partial charge in [0, 0.05) is 19.4 Å². The van der Waals surface area contributed by atoms with E-state index in [9.17, 15) is 19.5 Å². The molecule has 0 saturated carbocycles. The van der Waals surface area contributed by atoms with Crippen molar-refractivity contribution in [3.05, 3.63) is 66.0 Å². The van der Waals surface area contributed by atoms with Crippen molar-refractivity contribution in [2.24, 2.45) is 5.73 Å². The molecule has 1 aliphatic rings. The Morgan fingerprint density at radius 1 is 1.08 bits per heavy atom. The number of hydrogen-bond donors (Lipinski definition) is 3. The van der Waals surface area contributed by atoms with Crippen LogP contribution in [0.4, 0.5) is 0 Å². The van der Waals surface area contributed by atoms with E-state index in [-0.39, 0.29) is 31.6 Å². The van der Waals surface area contributed by atoms with Crippen molar-refractivity contribution in [1.29, 1.82) is 0 Å². The molecule has 1 aromatic heterocycles. The van der Waals surface area contributed by atoms with Crippen molar-refractivity contribution >= 4 is 17.7 Å². The van der Waals surface area contributed by atoms with Gasteiger partial charge in [0.1, 0.15) is 12.1 Å². The minimum Gasteiger partial charge on any atom is -0.391 e. The topological polar surface area (TPSA) is 156 Å². The highest BCUT2D eigenvalue weighted by molar-refractivity contribution is 5.92. The van der Waals surface area contributed by atoms with E-state index in [2.05, 4.69) is 20.7 Å². The highest BCUT2D eigenvalue weighted by Crippen LogP contribution is 2.22. The summed E-state index contributed by atoms with van der Waals surface area (Å²) >= 11 is 0. The van der Waals surface area contributed by atoms with Crippen LogP contribution in [-0.4, -0.2) is 72.7 Å². The SMILES string of the molecule is CC(C)(C)n1nnc(CC(=O)N2C[C@H](O)C[C@H]2C(=O)N[C@H](Cc2ccc(-c3ccccc3)cc2)C(N)=O)n1. The molecule has 1 aliphatic heterocycles. The Morgan fingerprint density at radius 3 is 2.34 bits per heavy atom. The lowest BCUT2D eigenvalue weighted by atomic mass is 10.00. The van der Waals surface area contributed by atoms with Crippen molar-refractivity contribution in [2.45, 2.75) is 63.8 Å². The van der Waals surface area contributed by atoms with E-state index < -0.39 is 41.4 Å². The third kappa shape index (κ3) is 6.41. The van der Waals surface area contributed by atoms with Crippen molar-refractivity contribution in [3.63, 3.8) is 0 Å². The maximum Gasteiger partial charge on any atom is 0.243 e. The molecule has 1 fully saturated rings. The van der Waals surface area contributed by atoms with Crippen molar-refractivity contribution in [2.75, 3.05) is 6.54 Å². The molecular formula is C27H33N7O4. The summed E-state index contributed by atoms with van der Waals surface area (Å²) in [6, 6.07) is 15.6. The number of primary amides is 1. The highest BCUT2D eigenvalue weighted by Gasteiger charge is 2.40. The quantitative estimate of drug-likeness (QED) is 0.398. The molecule has 38 heavy (non-hydrogen) atoms. The Kier molecular flexibility index (Phi) is 7.86. The van der Waals surface area contributed by atoms with E-state index in [0.29, 0.717) is 0 Å². The number of nitrogens with one attached hydrogen (secondary N) is 1. The predicted octanol–water partition coefficient (Wildman–Crippen LogP) is 0.812. The lowest BCUT2D eigenvalue weighted by Crippen LogP contribution is -2.53. The molecule has 0 unspecified atom stereocenters. The number of carbonyl (C=O) groups excluding carboxylic acids is 3. The Bertz CT molecular complexity index is 1280. The zero-order valence-electron chi connectivity index (χ0n) is 21.7. The summed E-state index contributed by atoms with van der Waals surface area (Å²) in [5.74, 6) is -1.43. The summed E-state index contributed by atoms with van der Waals surface area (Å²) in [7, 11) is 0. The lowest BCUT2D eigenvalue weighted by Gasteiger charge is -2.25. The molecule has 4 rings (SSSR count). The zero-order chi connectivity index (χ0) is 27.4. The molecule has 11 heteroatoms. The van der Waals surface area contributed by atoms with Crippen LogP contribution < -0.4 is 11.1 Å². The first-order valence-corrected chi connectivity index (χ1v) is 12.5. The van der Waals surface area contributed by atoms with Crippen LogP contribution in [0.15, 0.2) is 54.6 Å². The van der Waals surface area contributed by atoms with Crippen molar-refractivity contribution < 1.29 is 19.5 Å². The van der Waals surface area contributed by atoms with Crippen LogP contribution in [0.5, 0.6) is 0 Å². The monoisotopic (exact) mass is 519 g/mol. The molecular weight excluding hydrogens is 486 g/mol. The van der Waals surface area contributed by atoms with Gasteiger partial charge in [-0.25, -0.2) is 0 Å². The number of aliphatic hydroxyl groups is 1. The average molecular weight is 520 g/mol.